The monoisotopic (exact) mass is 245 g/mol. The van der Waals surface area contributed by atoms with Crippen molar-refractivity contribution in [2.45, 2.75) is 4.90 Å². The molecule has 3 nitrogen and oxygen atoms in total. The molecule has 0 saturated carbocycles. The lowest BCUT2D eigenvalue weighted by molar-refractivity contribution is 0.368. The minimum atomic E-state index is -6.00. The minimum Gasteiger partial charge on any atom is -0.418 e. The summed E-state index contributed by atoms with van der Waals surface area (Å²) in [4.78, 5) is -0.0741. The Morgan fingerprint density at radius 2 is 1.33 bits per heavy atom. The van der Waals surface area contributed by atoms with Gasteiger partial charge in [-0.2, -0.15) is 8.42 Å². The van der Waals surface area contributed by atoms with E-state index in [9.17, 15) is 25.7 Å². The number of benzene rings is 1. The number of hydrogen-bond acceptors (Lipinski definition) is 2. The molecule has 1 aromatic rings. The Morgan fingerprint density at radius 1 is 1.00 bits per heavy atom. The van der Waals surface area contributed by atoms with Crippen LogP contribution < -0.4 is 0 Å². The molecule has 0 saturated heterocycles. The lowest BCUT2D eigenvalue weighted by atomic mass is 10.3. The van der Waals surface area contributed by atoms with Crippen molar-refractivity contribution < 1.29 is 30.2 Å². The summed E-state index contributed by atoms with van der Waals surface area (Å²) in [5, 5.41) is 0. The van der Waals surface area contributed by atoms with Gasteiger partial charge in [0.25, 0.3) is 10.1 Å². The molecular formula is C6H6BF4O3S-. The standard InChI is InChI=1S/C6H6O3S.BF4/c7-10(8,9)6-4-2-1-3-5-6;2-1(3,4)5/h1-5H,(H,7,8,9);/q;-1. The Morgan fingerprint density at radius 3 is 1.53 bits per heavy atom. The van der Waals surface area contributed by atoms with E-state index in [2.05, 4.69) is 0 Å². The zero-order chi connectivity index (χ0) is 12.1. The van der Waals surface area contributed by atoms with Crippen LogP contribution in [-0.2, 0) is 10.1 Å². The fourth-order valence-electron chi connectivity index (χ4n) is 0.592. The molecule has 0 amide bonds. The molecule has 15 heavy (non-hydrogen) atoms. The summed E-state index contributed by atoms with van der Waals surface area (Å²) >= 11 is 0. The third-order valence-corrected chi connectivity index (χ3v) is 1.91. The van der Waals surface area contributed by atoms with Crippen LogP contribution in [-0.4, -0.2) is 20.2 Å². The van der Waals surface area contributed by atoms with E-state index in [1.54, 1.807) is 18.2 Å². The molecule has 1 N–H and O–H groups in total. The van der Waals surface area contributed by atoms with Gasteiger partial charge in [0.05, 0.1) is 4.90 Å². The molecule has 0 spiro atoms. The quantitative estimate of drug-likeness (QED) is 0.469. The summed E-state index contributed by atoms with van der Waals surface area (Å²) in [7, 11) is -10.0. The van der Waals surface area contributed by atoms with E-state index in [-0.39, 0.29) is 4.90 Å². The summed E-state index contributed by atoms with van der Waals surface area (Å²) in [6, 6.07) is 7.42. The van der Waals surface area contributed by atoms with Crippen LogP contribution in [0.15, 0.2) is 35.2 Å². The number of halogens is 4. The van der Waals surface area contributed by atoms with Gasteiger partial charge in [-0.3, -0.25) is 4.55 Å². The third-order valence-electron chi connectivity index (χ3n) is 1.04. The van der Waals surface area contributed by atoms with Crippen LogP contribution in [0.4, 0.5) is 17.3 Å². The van der Waals surface area contributed by atoms with Crippen LogP contribution in [0.3, 0.4) is 0 Å². The first kappa shape index (κ1) is 13.9. The lowest BCUT2D eigenvalue weighted by Crippen LogP contribution is -2.02. The van der Waals surface area contributed by atoms with Crippen molar-refractivity contribution in [3.05, 3.63) is 30.3 Å². The molecule has 0 fully saturated rings. The first-order chi connectivity index (χ1) is 6.61. The van der Waals surface area contributed by atoms with E-state index in [0.717, 1.165) is 0 Å². The highest BCUT2D eigenvalue weighted by Gasteiger charge is 2.20. The van der Waals surface area contributed by atoms with E-state index in [4.69, 9.17) is 4.55 Å². The van der Waals surface area contributed by atoms with Gasteiger partial charge < -0.3 is 17.3 Å². The molecule has 1 aromatic carbocycles. The van der Waals surface area contributed by atoms with Crippen LogP contribution in [0.5, 0.6) is 0 Å². The molecule has 0 unspecified atom stereocenters. The van der Waals surface area contributed by atoms with Crippen molar-refractivity contribution in [1.82, 2.24) is 0 Å². The molecule has 0 aliphatic rings. The molecule has 0 atom stereocenters. The fraction of sp³-hybridized carbons (Fsp3) is 0. The highest BCUT2D eigenvalue weighted by Crippen LogP contribution is 2.06. The van der Waals surface area contributed by atoms with Gasteiger partial charge in [-0.05, 0) is 12.1 Å². The van der Waals surface area contributed by atoms with Gasteiger partial charge in [-0.1, -0.05) is 18.2 Å². The Kier molecular flexibility index (Phi) is 4.75. The van der Waals surface area contributed by atoms with Crippen molar-refractivity contribution in [3.8, 4) is 0 Å². The van der Waals surface area contributed by atoms with Crippen LogP contribution >= 0.6 is 0 Å². The van der Waals surface area contributed by atoms with E-state index >= 15 is 0 Å². The van der Waals surface area contributed by atoms with E-state index < -0.39 is 17.4 Å². The predicted octanol–water partition coefficient (Wildman–Crippen LogP) is 2.23. The van der Waals surface area contributed by atoms with Gasteiger partial charge in [0.1, 0.15) is 0 Å². The van der Waals surface area contributed by atoms with Crippen molar-refractivity contribution in [1.29, 1.82) is 0 Å². The molecule has 0 aliphatic carbocycles. The normalized spacial score (nSPS) is 11.5. The second kappa shape index (κ2) is 5.12. The molecule has 0 aromatic heterocycles. The SMILES string of the molecule is F[B-](F)(F)F.O=S(=O)(O)c1ccccc1. The van der Waals surface area contributed by atoms with Gasteiger partial charge in [-0.15, -0.1) is 0 Å². The summed E-state index contributed by atoms with van der Waals surface area (Å²) in [6.45, 7) is 0. The van der Waals surface area contributed by atoms with Gasteiger partial charge in [0, 0.05) is 0 Å². The molecular weight excluding hydrogens is 239 g/mol. The van der Waals surface area contributed by atoms with E-state index in [1.807, 2.05) is 0 Å². The van der Waals surface area contributed by atoms with E-state index in [0.29, 0.717) is 0 Å². The smallest absolute Gasteiger partial charge is 0.418 e. The third kappa shape index (κ3) is 9.22. The summed E-state index contributed by atoms with van der Waals surface area (Å²) < 4.78 is 68.2. The van der Waals surface area contributed by atoms with Gasteiger partial charge in [0.15, 0.2) is 0 Å². The van der Waals surface area contributed by atoms with Crippen molar-refractivity contribution in [3.63, 3.8) is 0 Å². The maximum atomic E-state index is 10.4. The van der Waals surface area contributed by atoms with Gasteiger partial charge in [0.2, 0.25) is 0 Å². The number of hydrogen-bond donors (Lipinski definition) is 1. The first-order valence-electron chi connectivity index (χ1n) is 3.50. The largest absolute Gasteiger partial charge is 0.673 e. The summed E-state index contributed by atoms with van der Waals surface area (Å²) in [6.07, 6.45) is 0. The topological polar surface area (TPSA) is 54.4 Å². The molecule has 0 aliphatic heterocycles. The second-order valence-electron chi connectivity index (χ2n) is 2.28. The molecule has 0 radical (unpaired) electrons. The molecule has 1 rings (SSSR count). The second-order valence-corrected chi connectivity index (χ2v) is 3.70. The molecule has 0 heterocycles. The predicted molar refractivity (Wildman–Crippen MR) is 46.4 cm³/mol. The minimum absolute atomic E-state index is 0.0741. The fourth-order valence-corrected chi connectivity index (χ4v) is 1.09. The number of rotatable bonds is 1. The summed E-state index contributed by atoms with van der Waals surface area (Å²) in [5.41, 5.74) is 0. The highest BCUT2D eigenvalue weighted by molar-refractivity contribution is 7.85. The highest BCUT2D eigenvalue weighted by atomic mass is 32.2. The average Bonchev–Trinajstić information content (AvgIpc) is 2.01. The lowest BCUT2D eigenvalue weighted by Gasteiger charge is -1.94. The Balaban J connectivity index is 0.000000336. The Bertz CT molecular complexity index is 383. The van der Waals surface area contributed by atoms with Gasteiger partial charge in [-0.25, -0.2) is 0 Å². The molecule has 9 heteroatoms. The summed E-state index contributed by atoms with van der Waals surface area (Å²) in [5.74, 6) is 0. The average molecular weight is 245 g/mol. The van der Waals surface area contributed by atoms with Crippen molar-refractivity contribution in [2.75, 3.05) is 0 Å². The zero-order valence-corrected chi connectivity index (χ0v) is 7.96. The van der Waals surface area contributed by atoms with Crippen LogP contribution in [0.1, 0.15) is 0 Å². The van der Waals surface area contributed by atoms with Crippen LogP contribution in [0, 0.1) is 0 Å². The van der Waals surface area contributed by atoms with Crippen molar-refractivity contribution >= 4 is 17.4 Å². The molecule has 86 valence electrons. The zero-order valence-electron chi connectivity index (χ0n) is 7.15. The van der Waals surface area contributed by atoms with Gasteiger partial charge >= 0.3 is 7.25 Å². The Hall–Kier alpha value is -1.09. The molecule has 0 bridgehead atoms. The first-order valence-corrected chi connectivity index (χ1v) is 4.94. The maximum Gasteiger partial charge on any atom is 0.673 e. The Labute approximate surface area is 83.6 Å². The van der Waals surface area contributed by atoms with Crippen molar-refractivity contribution in [2.24, 2.45) is 0 Å². The van der Waals surface area contributed by atoms with Crippen LogP contribution in [0.2, 0.25) is 0 Å². The van der Waals surface area contributed by atoms with Crippen LogP contribution in [0.25, 0.3) is 0 Å². The van der Waals surface area contributed by atoms with E-state index in [1.165, 1.54) is 12.1 Å². The maximum absolute atomic E-state index is 10.4.